The number of hydrogen-bond acceptors (Lipinski definition) is 11. The predicted octanol–water partition coefficient (Wildman–Crippen LogP) is 18.9. The van der Waals surface area contributed by atoms with Crippen LogP contribution in [-0.4, -0.2) is 83.9 Å². The van der Waals surface area contributed by atoms with Crippen LogP contribution in [0.5, 0.6) is 0 Å². The highest BCUT2D eigenvalue weighted by Gasteiger charge is 2.45. The number of aryl methyl sites for hydroxylation is 1. The molecule has 3 N–H and O–H groups in total. The summed E-state index contributed by atoms with van der Waals surface area (Å²) in [7, 11) is 3.75. The molecule has 0 spiro atoms. The van der Waals surface area contributed by atoms with Crippen LogP contribution in [0.1, 0.15) is 307 Å². The van der Waals surface area contributed by atoms with E-state index in [9.17, 15) is 43.2 Å². The number of Topliss-reactive ketones (excluding diaryl/α,β-unsaturated/α-hetero) is 7. The number of carbonyl (C=O) groups is 9. The molecule has 0 bridgehead atoms. The van der Waals surface area contributed by atoms with Crippen molar-refractivity contribution in [3.8, 4) is 0 Å². The molecule has 0 aliphatic carbocycles. The van der Waals surface area contributed by atoms with Crippen molar-refractivity contribution >= 4 is 52.3 Å². The van der Waals surface area contributed by atoms with Gasteiger partial charge in [0, 0.05) is 90.9 Å². The van der Waals surface area contributed by atoms with Gasteiger partial charge in [-0.3, -0.25) is 48.1 Å². The van der Waals surface area contributed by atoms with Crippen LogP contribution in [0.4, 0.5) is 0 Å². The van der Waals surface area contributed by atoms with E-state index in [2.05, 4.69) is 39.9 Å². The first-order valence-electron chi connectivity index (χ1n) is 29.4. The standard InChI is InChI=1S/C20H28O3.C16H31NO2.C11H19NO2.C10H20O.C8H16O.C2H7N.7CH4/c1-15(21)14-17-10-8-16(9-11-17)12-13-18(22)6-5-7-19(23)20(2,3)4;1-15(2,3)13(18)11-12(9-7-8-10-17)14(19)16(4,5)6;1-7(2)12-9(13)6-8(10(12)14)11(3,4)5;1-8(2)6-9(11)7-10(3,4)5;1-6(2)7(9)8(3,4)5;1-3-2;;;;;;;/h8-11H,5-7,12-14H2,1-4H3;12H,7-11,17H2,1-6H3;7-8H,6H2,1-5H3;8H,6-7H2,1-5H3;6H,1-5H3;3H,1-2H3;7*1H4. The average Bonchev–Trinajstić information content (AvgIpc) is 3.58. The summed E-state index contributed by atoms with van der Waals surface area (Å²) >= 11 is 0. The molecule has 12 nitrogen and oxygen atoms in total. The number of nitrogens with one attached hydrogen (secondary N) is 1. The van der Waals surface area contributed by atoms with Gasteiger partial charge in [0.15, 0.2) is 0 Å². The van der Waals surface area contributed by atoms with Crippen molar-refractivity contribution in [2.75, 3.05) is 20.6 Å². The molecule has 1 aromatic carbocycles. The van der Waals surface area contributed by atoms with Gasteiger partial charge in [-0.2, -0.15) is 0 Å². The zero-order valence-electron chi connectivity index (χ0n) is 55.8. The zero-order chi connectivity index (χ0) is 63.2. The summed E-state index contributed by atoms with van der Waals surface area (Å²) in [6, 6.07) is 7.85. The van der Waals surface area contributed by atoms with Gasteiger partial charge in [0.1, 0.15) is 40.5 Å². The number of nitrogens with two attached hydrogens (primary N) is 1. The molecule has 1 saturated heterocycles. The zero-order valence-corrected chi connectivity index (χ0v) is 55.8. The highest BCUT2D eigenvalue weighted by atomic mass is 16.2. The molecule has 0 saturated carbocycles. The lowest BCUT2D eigenvalue weighted by atomic mass is 9.76. The number of likely N-dealkylation sites (tertiary alicyclic amines) is 1. The van der Waals surface area contributed by atoms with Gasteiger partial charge < -0.3 is 11.1 Å². The SMILES string of the molecule is C.C.C.C.C.C.C.CC(=O)Cc1ccc(CCC(=O)CCCC(=O)C(C)(C)C)cc1.CC(C)(C)C(=O)CC(CCCCN)C(=O)C(C)(C)C.CC(C)C(=O)C(C)(C)C.CC(C)CC(=O)CC(C)(C)C.CC(C)N1C(=O)CC(C(C)(C)C)C1=O.CNC. The van der Waals surface area contributed by atoms with Crippen LogP contribution in [0, 0.1) is 56.2 Å². The van der Waals surface area contributed by atoms with Crippen molar-refractivity contribution in [3.05, 3.63) is 35.4 Å². The predicted molar refractivity (Wildman–Crippen MR) is 377 cm³/mol. The molecule has 1 aliphatic heterocycles. The number of ketones is 7. The first kappa shape index (κ1) is 107. The average molecular weight is 1230 g/mol. The summed E-state index contributed by atoms with van der Waals surface area (Å²) in [5, 5.41) is 2.75. The van der Waals surface area contributed by atoms with Gasteiger partial charge in [-0.05, 0) is 95.0 Å². The molecular weight excluding hydrogens is 1070 g/mol. The molecule has 514 valence electrons. The van der Waals surface area contributed by atoms with E-state index in [-0.39, 0.29) is 149 Å². The third-order valence-electron chi connectivity index (χ3n) is 12.6. The van der Waals surface area contributed by atoms with Gasteiger partial charge in [-0.25, -0.2) is 0 Å². The van der Waals surface area contributed by atoms with Gasteiger partial charge in [-0.15, -0.1) is 0 Å². The fourth-order valence-corrected chi connectivity index (χ4v) is 8.20. The van der Waals surface area contributed by atoms with Crippen LogP contribution >= 0.6 is 0 Å². The smallest absolute Gasteiger partial charge is 0.233 e. The molecule has 0 aromatic heterocycles. The van der Waals surface area contributed by atoms with Gasteiger partial charge in [-0.1, -0.05) is 235 Å². The minimum atomic E-state index is -0.383. The normalized spacial score (nSPS) is 13.1. The van der Waals surface area contributed by atoms with Crippen molar-refractivity contribution < 1.29 is 43.2 Å². The highest BCUT2D eigenvalue weighted by molar-refractivity contribution is 6.04. The van der Waals surface area contributed by atoms with E-state index in [0.29, 0.717) is 81.8 Å². The van der Waals surface area contributed by atoms with Gasteiger partial charge in [0.05, 0.1) is 5.92 Å². The Morgan fingerprint density at radius 3 is 1.27 bits per heavy atom. The third-order valence-corrected chi connectivity index (χ3v) is 12.6. The van der Waals surface area contributed by atoms with E-state index >= 15 is 0 Å². The van der Waals surface area contributed by atoms with Gasteiger partial charge in [0.25, 0.3) is 0 Å². The molecule has 1 aromatic rings. The summed E-state index contributed by atoms with van der Waals surface area (Å²) in [5.41, 5.74) is 6.43. The molecule has 12 heteroatoms. The lowest BCUT2D eigenvalue weighted by Crippen LogP contribution is -2.38. The summed E-state index contributed by atoms with van der Waals surface area (Å²) in [4.78, 5) is 107. The quantitative estimate of drug-likeness (QED) is 0.0878. The number of rotatable bonds is 21. The Labute approximate surface area is 535 Å². The maximum Gasteiger partial charge on any atom is 0.233 e. The Morgan fingerprint density at radius 1 is 0.558 bits per heavy atom. The Balaban J connectivity index is -0.0000000908. The molecular formula is C74H149N3O9. The second kappa shape index (κ2) is 49.8. The van der Waals surface area contributed by atoms with Crippen LogP contribution in [0.15, 0.2) is 24.3 Å². The van der Waals surface area contributed by atoms with E-state index in [4.69, 9.17) is 5.73 Å². The molecule has 0 radical (unpaired) electrons. The van der Waals surface area contributed by atoms with Crippen LogP contribution in [0.3, 0.4) is 0 Å². The highest BCUT2D eigenvalue weighted by Crippen LogP contribution is 2.36. The largest absolute Gasteiger partial charge is 0.330 e. The lowest BCUT2D eigenvalue weighted by Gasteiger charge is -2.26. The molecule has 2 rings (SSSR count). The molecule has 2 amide bonds. The maximum atomic E-state index is 12.4. The van der Waals surface area contributed by atoms with Crippen molar-refractivity contribution in [1.82, 2.24) is 10.2 Å². The van der Waals surface area contributed by atoms with E-state index in [1.165, 1.54) is 4.90 Å². The van der Waals surface area contributed by atoms with Crippen LogP contribution in [0.25, 0.3) is 0 Å². The van der Waals surface area contributed by atoms with E-state index in [0.717, 1.165) is 36.8 Å². The molecule has 2 unspecified atom stereocenters. The second-order valence-corrected chi connectivity index (χ2v) is 29.2. The summed E-state index contributed by atoms with van der Waals surface area (Å²) < 4.78 is 0. The van der Waals surface area contributed by atoms with Crippen molar-refractivity contribution in [3.63, 3.8) is 0 Å². The van der Waals surface area contributed by atoms with Gasteiger partial charge in [0.2, 0.25) is 11.8 Å². The number of benzene rings is 1. The number of hydrogen-bond donors (Lipinski definition) is 2. The lowest BCUT2D eigenvalue weighted by molar-refractivity contribution is -0.142. The Bertz CT molecular complexity index is 2010. The first-order valence-corrected chi connectivity index (χ1v) is 29.4. The summed E-state index contributed by atoms with van der Waals surface area (Å²) in [6.45, 7) is 49.4. The summed E-state index contributed by atoms with van der Waals surface area (Å²) in [6.07, 6.45) is 8.08. The van der Waals surface area contributed by atoms with Gasteiger partial charge >= 0.3 is 0 Å². The number of carbonyl (C=O) groups excluding carboxylic acids is 9. The maximum absolute atomic E-state index is 12.4. The Kier molecular flexibility index (Phi) is 61.8. The topological polar surface area (TPSA) is 195 Å². The number of imide groups is 1. The van der Waals surface area contributed by atoms with E-state index in [1.54, 1.807) is 6.92 Å². The second-order valence-electron chi connectivity index (χ2n) is 29.2. The monoisotopic (exact) mass is 1220 g/mol. The van der Waals surface area contributed by atoms with Crippen molar-refractivity contribution in [2.45, 2.75) is 315 Å². The van der Waals surface area contributed by atoms with Crippen LogP contribution in [-0.2, 0) is 56.0 Å². The van der Waals surface area contributed by atoms with E-state index < -0.39 is 0 Å². The summed E-state index contributed by atoms with van der Waals surface area (Å²) in [5.74, 6) is 2.02. The van der Waals surface area contributed by atoms with E-state index in [1.807, 2.05) is 170 Å². The first-order chi connectivity index (χ1) is 35.5. The fraction of sp³-hybridized carbons (Fsp3) is 0.797. The van der Waals surface area contributed by atoms with Crippen molar-refractivity contribution in [2.24, 2.45) is 61.9 Å². The minimum Gasteiger partial charge on any atom is -0.330 e. The Hall–Kier alpha value is -4.03. The molecule has 1 heterocycles. The fourth-order valence-electron chi connectivity index (χ4n) is 8.20. The number of unbranched alkanes of at least 4 members (excludes halogenated alkanes) is 1. The van der Waals surface area contributed by atoms with Crippen LogP contribution in [0.2, 0.25) is 0 Å². The Morgan fingerprint density at radius 2 is 0.977 bits per heavy atom. The minimum absolute atomic E-state index is 0. The third kappa shape index (κ3) is 53.0. The molecule has 1 fully saturated rings. The molecule has 86 heavy (non-hydrogen) atoms. The van der Waals surface area contributed by atoms with Crippen molar-refractivity contribution in [1.29, 1.82) is 0 Å². The molecule has 2 atom stereocenters. The number of amides is 2. The number of nitrogens with zero attached hydrogens (tertiary/aromatic N) is 1. The van der Waals surface area contributed by atoms with Crippen LogP contribution < -0.4 is 11.1 Å². The molecule has 1 aliphatic rings.